The Morgan fingerprint density at radius 2 is 1.88 bits per heavy atom. The summed E-state index contributed by atoms with van der Waals surface area (Å²) >= 11 is 5.88. The quantitative estimate of drug-likeness (QED) is 0.442. The molecule has 0 aromatic heterocycles. The molecule has 3 amide bonds. The van der Waals surface area contributed by atoms with E-state index in [9.17, 15) is 19.2 Å². The van der Waals surface area contributed by atoms with E-state index in [2.05, 4.69) is 10.6 Å². The highest BCUT2D eigenvalue weighted by Gasteiger charge is 2.35. The number of ether oxygens (including phenoxy) is 1. The Morgan fingerprint density at radius 3 is 2.61 bits per heavy atom. The van der Waals surface area contributed by atoms with Crippen LogP contribution >= 0.6 is 11.6 Å². The van der Waals surface area contributed by atoms with E-state index in [1.165, 1.54) is 0 Å². The number of esters is 1. The highest BCUT2D eigenvalue weighted by atomic mass is 35.5. The fourth-order valence-corrected chi connectivity index (χ4v) is 4.16. The molecule has 0 saturated carbocycles. The van der Waals surface area contributed by atoms with E-state index in [0.29, 0.717) is 31.0 Å². The number of carbonyl (C=O) groups excluding carboxylic acids is 3. The Hall–Kier alpha value is -3.07. The highest BCUT2D eigenvalue weighted by molar-refractivity contribution is 6.30. The number of hydrogen-bond acceptors (Lipinski definition) is 5. The number of carbonyl (C=O) groups is 4. The summed E-state index contributed by atoms with van der Waals surface area (Å²) < 4.78 is 5.32. The first-order valence-electron chi connectivity index (χ1n) is 11.0. The van der Waals surface area contributed by atoms with Crippen LogP contribution in [0.1, 0.15) is 37.7 Å². The van der Waals surface area contributed by atoms with E-state index < -0.39 is 24.0 Å². The molecule has 0 spiro atoms. The van der Waals surface area contributed by atoms with Crippen molar-refractivity contribution in [2.75, 3.05) is 13.2 Å². The molecule has 0 unspecified atom stereocenters. The van der Waals surface area contributed by atoms with Gasteiger partial charge >= 0.3 is 12.1 Å². The predicted molar refractivity (Wildman–Crippen MR) is 120 cm³/mol. The smallest absolute Gasteiger partial charge is 0.405 e. The lowest BCUT2D eigenvalue weighted by atomic mass is 9.97. The Morgan fingerprint density at radius 1 is 1.15 bits per heavy atom. The van der Waals surface area contributed by atoms with E-state index >= 15 is 0 Å². The zero-order valence-corrected chi connectivity index (χ0v) is 18.9. The molecule has 1 aromatic carbocycles. The van der Waals surface area contributed by atoms with Crippen LogP contribution in [0.5, 0.6) is 0 Å². The summed E-state index contributed by atoms with van der Waals surface area (Å²) in [7, 11) is 0. The number of nitrogens with zero attached hydrogens (tertiary/aromatic N) is 1. The molecule has 0 aliphatic carbocycles. The summed E-state index contributed by atoms with van der Waals surface area (Å²) in [5.74, 6) is -1.61. The predicted octanol–water partition coefficient (Wildman–Crippen LogP) is 2.48. The lowest BCUT2D eigenvalue weighted by Gasteiger charge is -2.29. The molecule has 1 fully saturated rings. The number of fused-ring (bicyclic) bond motifs is 1. The summed E-state index contributed by atoms with van der Waals surface area (Å²) in [6, 6.07) is 5.84. The largest absolute Gasteiger partial charge is 0.465 e. The maximum atomic E-state index is 13.2. The van der Waals surface area contributed by atoms with Crippen LogP contribution in [0.3, 0.4) is 0 Å². The van der Waals surface area contributed by atoms with Gasteiger partial charge in [0.15, 0.2) is 0 Å². The standard InChI is InChI=1S/C23H28ClN3O6/c24-17-9-7-15(8-10-17)13-25-20(28)12-16-4-1-2-6-19(26-23(31)32)22(30)33-14-18-5-3-11-27(18)21(16)29/h1-2,7-10,16,18-19,26H,3-6,11-14H2,(H,25,28)(H,31,32)/t16-,18-,19-/m0/s1. The van der Waals surface area contributed by atoms with Gasteiger partial charge in [-0.2, -0.15) is 0 Å². The lowest BCUT2D eigenvalue weighted by molar-refractivity contribution is -0.150. The molecule has 3 atom stereocenters. The number of halogens is 1. The van der Waals surface area contributed by atoms with Gasteiger partial charge in [0.1, 0.15) is 12.6 Å². The molecule has 33 heavy (non-hydrogen) atoms. The maximum absolute atomic E-state index is 13.2. The van der Waals surface area contributed by atoms with Gasteiger partial charge in [0, 0.05) is 24.5 Å². The second-order valence-corrected chi connectivity index (χ2v) is 8.64. The lowest BCUT2D eigenvalue weighted by Crippen LogP contribution is -2.45. The number of allylic oxidation sites excluding steroid dienone is 1. The molecule has 9 nitrogen and oxygen atoms in total. The molecule has 178 valence electrons. The van der Waals surface area contributed by atoms with Crippen molar-refractivity contribution in [1.29, 1.82) is 0 Å². The minimum atomic E-state index is -1.31. The van der Waals surface area contributed by atoms with Gasteiger partial charge in [-0.05, 0) is 43.4 Å². The zero-order valence-electron chi connectivity index (χ0n) is 18.2. The second kappa shape index (κ2) is 11.7. The van der Waals surface area contributed by atoms with Crippen LogP contribution in [0.15, 0.2) is 36.4 Å². The highest BCUT2D eigenvalue weighted by Crippen LogP contribution is 2.24. The average Bonchev–Trinajstić information content (AvgIpc) is 3.25. The summed E-state index contributed by atoms with van der Waals surface area (Å²) in [6.07, 6.45) is 3.93. The van der Waals surface area contributed by atoms with Gasteiger partial charge in [0.25, 0.3) is 0 Å². The van der Waals surface area contributed by atoms with Crippen LogP contribution in [0.25, 0.3) is 0 Å². The molecule has 2 heterocycles. The zero-order chi connectivity index (χ0) is 23.8. The van der Waals surface area contributed by atoms with E-state index in [4.69, 9.17) is 21.4 Å². The minimum absolute atomic E-state index is 0.00156. The van der Waals surface area contributed by atoms with Crippen molar-refractivity contribution in [3.05, 3.63) is 47.0 Å². The van der Waals surface area contributed by atoms with Gasteiger partial charge < -0.3 is 25.4 Å². The Kier molecular flexibility index (Phi) is 8.71. The molecule has 3 N–H and O–H groups in total. The number of rotatable bonds is 5. The van der Waals surface area contributed by atoms with Gasteiger partial charge in [0.05, 0.1) is 12.0 Å². The number of cyclic esters (lactones) is 1. The summed E-state index contributed by atoms with van der Waals surface area (Å²) in [5, 5.41) is 14.6. The van der Waals surface area contributed by atoms with Gasteiger partial charge in [-0.3, -0.25) is 9.59 Å². The molecule has 1 saturated heterocycles. The van der Waals surface area contributed by atoms with E-state index in [0.717, 1.165) is 12.0 Å². The third-order valence-corrected chi connectivity index (χ3v) is 6.06. The van der Waals surface area contributed by atoms with E-state index in [1.807, 2.05) is 12.1 Å². The Labute approximate surface area is 197 Å². The topological polar surface area (TPSA) is 125 Å². The second-order valence-electron chi connectivity index (χ2n) is 8.21. The minimum Gasteiger partial charge on any atom is -0.465 e. The van der Waals surface area contributed by atoms with Crippen molar-refractivity contribution in [1.82, 2.24) is 15.5 Å². The Balaban J connectivity index is 1.68. The summed E-state index contributed by atoms with van der Waals surface area (Å²) in [5.41, 5.74) is 0.899. The summed E-state index contributed by atoms with van der Waals surface area (Å²) in [6.45, 7) is 0.865. The first-order chi connectivity index (χ1) is 15.8. The summed E-state index contributed by atoms with van der Waals surface area (Å²) in [4.78, 5) is 50.9. The Bertz CT molecular complexity index is 904. The van der Waals surface area contributed by atoms with Crippen LogP contribution in [0, 0.1) is 5.92 Å². The van der Waals surface area contributed by atoms with Crippen LogP contribution in [0.4, 0.5) is 4.79 Å². The molecule has 2 aliphatic rings. The molecule has 0 radical (unpaired) electrons. The molecule has 0 bridgehead atoms. The van der Waals surface area contributed by atoms with Gasteiger partial charge in [-0.25, -0.2) is 9.59 Å². The third-order valence-electron chi connectivity index (χ3n) is 5.80. The van der Waals surface area contributed by atoms with E-state index in [1.54, 1.807) is 29.2 Å². The number of benzene rings is 1. The molecule has 2 aliphatic heterocycles. The fourth-order valence-electron chi connectivity index (χ4n) is 4.04. The van der Waals surface area contributed by atoms with Crippen molar-refractivity contribution in [2.45, 2.75) is 50.7 Å². The fraction of sp³-hybridized carbons (Fsp3) is 0.478. The van der Waals surface area contributed by atoms with Crippen molar-refractivity contribution >= 4 is 35.5 Å². The normalized spacial score (nSPS) is 23.7. The van der Waals surface area contributed by atoms with Gasteiger partial charge in [-0.1, -0.05) is 35.9 Å². The number of carboxylic acid groups (broad SMARTS) is 1. The van der Waals surface area contributed by atoms with E-state index in [-0.39, 0.29) is 37.3 Å². The maximum Gasteiger partial charge on any atom is 0.405 e. The molecular formula is C23H28ClN3O6. The van der Waals surface area contributed by atoms with Gasteiger partial charge in [0.2, 0.25) is 11.8 Å². The van der Waals surface area contributed by atoms with Crippen LogP contribution < -0.4 is 10.6 Å². The van der Waals surface area contributed by atoms with Crippen molar-refractivity contribution in [3.63, 3.8) is 0 Å². The molecule has 3 rings (SSSR count). The number of nitrogens with one attached hydrogen (secondary N) is 2. The molecular weight excluding hydrogens is 450 g/mol. The number of hydrogen-bond donors (Lipinski definition) is 3. The average molecular weight is 478 g/mol. The van der Waals surface area contributed by atoms with Crippen LogP contribution in [-0.4, -0.2) is 59.1 Å². The first kappa shape index (κ1) is 24.6. The molecule has 1 aromatic rings. The van der Waals surface area contributed by atoms with Gasteiger partial charge in [-0.15, -0.1) is 0 Å². The SMILES string of the molecule is O=C(O)N[C@H]1CC=CC[C@@H](CC(=O)NCc2ccc(Cl)cc2)C(=O)N2CCC[C@H]2COC1=O. The van der Waals surface area contributed by atoms with Crippen LogP contribution in [0.2, 0.25) is 5.02 Å². The van der Waals surface area contributed by atoms with Crippen molar-refractivity contribution < 1.29 is 29.0 Å². The number of amides is 3. The van der Waals surface area contributed by atoms with Crippen molar-refractivity contribution in [3.8, 4) is 0 Å². The third kappa shape index (κ3) is 7.21. The monoisotopic (exact) mass is 477 g/mol. The first-order valence-corrected chi connectivity index (χ1v) is 11.3. The van der Waals surface area contributed by atoms with Crippen LogP contribution in [-0.2, 0) is 25.7 Å². The van der Waals surface area contributed by atoms with Crippen molar-refractivity contribution in [2.24, 2.45) is 5.92 Å². The molecule has 10 heteroatoms.